The zero-order valence-electron chi connectivity index (χ0n) is 11.3. The van der Waals surface area contributed by atoms with Crippen molar-refractivity contribution in [1.29, 1.82) is 0 Å². The lowest BCUT2D eigenvalue weighted by Crippen LogP contribution is -2.41. The molecule has 0 radical (unpaired) electrons. The summed E-state index contributed by atoms with van der Waals surface area (Å²) in [6, 6.07) is 0. The van der Waals surface area contributed by atoms with E-state index in [1.54, 1.807) is 0 Å². The highest BCUT2D eigenvalue weighted by Gasteiger charge is 2.44. The third kappa shape index (κ3) is 3.84. The van der Waals surface area contributed by atoms with Gasteiger partial charge >= 0.3 is 5.97 Å². The summed E-state index contributed by atoms with van der Waals surface area (Å²) in [7, 11) is 0. The van der Waals surface area contributed by atoms with Crippen molar-refractivity contribution < 1.29 is 9.90 Å². The fourth-order valence-corrected chi connectivity index (χ4v) is 1.43. The molecule has 1 N–H and O–H groups in total. The van der Waals surface area contributed by atoms with Crippen LogP contribution in [0.4, 0.5) is 0 Å². The van der Waals surface area contributed by atoms with E-state index in [1.165, 1.54) is 0 Å². The normalized spacial score (nSPS) is 17.3. The van der Waals surface area contributed by atoms with Gasteiger partial charge in [0, 0.05) is 0 Å². The molecule has 0 amide bonds. The van der Waals surface area contributed by atoms with Crippen LogP contribution in [0.5, 0.6) is 0 Å². The van der Waals surface area contributed by atoms with Gasteiger partial charge in [0.15, 0.2) is 0 Å². The maximum absolute atomic E-state index is 11.4. The number of carbonyl (C=O) groups is 1. The molecule has 0 saturated heterocycles. The summed E-state index contributed by atoms with van der Waals surface area (Å²) in [6.07, 6.45) is 1.67. The van der Waals surface area contributed by atoms with E-state index in [4.69, 9.17) is 0 Å². The second-order valence-corrected chi connectivity index (χ2v) is 6.95. The molecule has 1 unspecified atom stereocenters. The van der Waals surface area contributed by atoms with Crippen molar-refractivity contribution in [3.63, 3.8) is 0 Å². The first kappa shape index (κ1) is 14.5. The third-order valence-corrected chi connectivity index (χ3v) is 3.50. The Kier molecular flexibility index (Phi) is 4.00. The Morgan fingerprint density at radius 1 is 0.933 bits per heavy atom. The number of carboxylic acids is 1. The molecule has 15 heavy (non-hydrogen) atoms. The van der Waals surface area contributed by atoms with Crippen LogP contribution in [0.3, 0.4) is 0 Å². The topological polar surface area (TPSA) is 37.3 Å². The summed E-state index contributed by atoms with van der Waals surface area (Å²) in [5.74, 6) is -0.681. The van der Waals surface area contributed by atoms with Gasteiger partial charge in [-0.25, -0.2) is 0 Å². The van der Waals surface area contributed by atoms with Crippen LogP contribution in [0.25, 0.3) is 0 Å². The molecule has 0 aliphatic rings. The summed E-state index contributed by atoms with van der Waals surface area (Å²) in [4.78, 5) is 11.4. The van der Waals surface area contributed by atoms with Gasteiger partial charge in [-0.3, -0.25) is 4.79 Å². The fraction of sp³-hybridized carbons (Fsp3) is 0.923. The van der Waals surface area contributed by atoms with E-state index < -0.39 is 11.4 Å². The van der Waals surface area contributed by atoms with Crippen LogP contribution < -0.4 is 0 Å². The molecule has 2 heteroatoms. The number of hydrogen-bond donors (Lipinski definition) is 1. The molecule has 0 aliphatic carbocycles. The van der Waals surface area contributed by atoms with Gasteiger partial charge in [-0.05, 0) is 30.6 Å². The molecule has 0 spiro atoms. The van der Waals surface area contributed by atoms with Gasteiger partial charge in [0.2, 0.25) is 0 Å². The van der Waals surface area contributed by atoms with Gasteiger partial charge in [0.1, 0.15) is 0 Å². The van der Waals surface area contributed by atoms with Gasteiger partial charge in [0.25, 0.3) is 0 Å². The molecule has 0 bridgehead atoms. The summed E-state index contributed by atoms with van der Waals surface area (Å²) < 4.78 is 0. The van der Waals surface area contributed by atoms with E-state index in [0.717, 1.165) is 12.8 Å². The number of aliphatic carboxylic acids is 1. The minimum absolute atomic E-state index is 0.196. The largest absolute Gasteiger partial charge is 0.481 e. The Labute approximate surface area is 94.1 Å². The highest BCUT2D eigenvalue weighted by Crippen LogP contribution is 2.44. The summed E-state index contributed by atoms with van der Waals surface area (Å²) >= 11 is 0. The Balaban J connectivity index is 4.78. The molecular formula is C13H26O2. The maximum atomic E-state index is 11.4. The molecule has 0 rings (SSSR count). The van der Waals surface area contributed by atoms with Crippen LogP contribution in [0.2, 0.25) is 0 Å². The maximum Gasteiger partial charge on any atom is 0.309 e. The molecule has 0 aromatic heterocycles. The van der Waals surface area contributed by atoms with Crippen molar-refractivity contribution in [2.75, 3.05) is 0 Å². The Bertz CT molecular complexity index is 230. The van der Waals surface area contributed by atoms with Gasteiger partial charge in [0.05, 0.1) is 5.41 Å². The summed E-state index contributed by atoms with van der Waals surface area (Å²) in [5, 5.41) is 9.36. The quantitative estimate of drug-likeness (QED) is 0.772. The van der Waals surface area contributed by atoms with E-state index >= 15 is 0 Å². The van der Waals surface area contributed by atoms with E-state index in [2.05, 4.69) is 20.8 Å². The fourth-order valence-electron chi connectivity index (χ4n) is 1.43. The zero-order chi connectivity index (χ0) is 12.5. The Morgan fingerprint density at radius 3 is 1.53 bits per heavy atom. The van der Waals surface area contributed by atoms with Crippen LogP contribution in [0, 0.1) is 16.2 Å². The van der Waals surface area contributed by atoms with Gasteiger partial charge in [-0.15, -0.1) is 0 Å². The van der Waals surface area contributed by atoms with Crippen LogP contribution in [0.15, 0.2) is 0 Å². The molecule has 90 valence electrons. The van der Waals surface area contributed by atoms with Crippen molar-refractivity contribution in [3.05, 3.63) is 0 Å². The highest BCUT2D eigenvalue weighted by atomic mass is 16.4. The zero-order valence-corrected chi connectivity index (χ0v) is 11.3. The molecule has 0 heterocycles. The number of hydrogen-bond acceptors (Lipinski definition) is 1. The second kappa shape index (κ2) is 4.15. The molecular weight excluding hydrogens is 188 g/mol. The minimum Gasteiger partial charge on any atom is -0.481 e. The van der Waals surface area contributed by atoms with Crippen molar-refractivity contribution in [2.45, 2.75) is 61.3 Å². The van der Waals surface area contributed by atoms with Gasteiger partial charge in [-0.1, -0.05) is 41.5 Å². The monoisotopic (exact) mass is 214 g/mol. The molecule has 0 saturated carbocycles. The van der Waals surface area contributed by atoms with Crippen LogP contribution in [-0.4, -0.2) is 11.1 Å². The lowest BCUT2D eigenvalue weighted by atomic mass is 9.64. The minimum atomic E-state index is -0.681. The first-order valence-corrected chi connectivity index (χ1v) is 5.63. The van der Waals surface area contributed by atoms with E-state index in [-0.39, 0.29) is 10.8 Å². The Morgan fingerprint density at radius 2 is 1.33 bits per heavy atom. The smallest absolute Gasteiger partial charge is 0.309 e. The van der Waals surface area contributed by atoms with E-state index in [0.29, 0.717) is 0 Å². The molecule has 0 aromatic carbocycles. The lowest BCUT2D eigenvalue weighted by molar-refractivity contribution is -0.155. The molecule has 1 atom stereocenters. The summed E-state index contributed by atoms with van der Waals surface area (Å²) in [6.45, 7) is 14.3. The van der Waals surface area contributed by atoms with E-state index in [1.807, 2.05) is 27.7 Å². The van der Waals surface area contributed by atoms with Crippen LogP contribution in [-0.2, 0) is 4.79 Å². The molecule has 0 aliphatic heterocycles. The van der Waals surface area contributed by atoms with Crippen molar-refractivity contribution >= 4 is 5.97 Å². The molecule has 0 aromatic rings. The predicted octanol–water partition coefficient (Wildman–Crippen LogP) is 3.95. The van der Waals surface area contributed by atoms with Crippen molar-refractivity contribution in [1.82, 2.24) is 0 Å². The number of carboxylic acid groups (broad SMARTS) is 1. The Hall–Kier alpha value is -0.530. The first-order valence-electron chi connectivity index (χ1n) is 5.63. The van der Waals surface area contributed by atoms with E-state index in [9.17, 15) is 9.90 Å². The number of rotatable bonds is 3. The molecule has 2 nitrogen and oxygen atoms in total. The SMILES string of the molecule is CC(C)(C)CCC(C)(C(=O)O)C(C)(C)C. The van der Waals surface area contributed by atoms with Gasteiger partial charge in [-0.2, -0.15) is 0 Å². The second-order valence-electron chi connectivity index (χ2n) is 6.95. The van der Waals surface area contributed by atoms with Gasteiger partial charge < -0.3 is 5.11 Å². The predicted molar refractivity (Wildman–Crippen MR) is 63.9 cm³/mol. The van der Waals surface area contributed by atoms with Crippen LogP contribution in [0.1, 0.15) is 61.3 Å². The van der Waals surface area contributed by atoms with Crippen LogP contribution >= 0.6 is 0 Å². The lowest BCUT2D eigenvalue weighted by Gasteiger charge is -2.39. The average molecular weight is 214 g/mol. The first-order chi connectivity index (χ1) is 6.40. The molecule has 0 fully saturated rings. The summed E-state index contributed by atoms with van der Waals surface area (Å²) in [5.41, 5.74) is -0.647. The van der Waals surface area contributed by atoms with Crippen molar-refractivity contribution in [2.24, 2.45) is 16.2 Å². The standard InChI is InChI=1S/C13H26O2/c1-11(2,3)8-9-13(7,10(14)15)12(4,5)6/h8-9H2,1-7H3,(H,14,15). The third-order valence-electron chi connectivity index (χ3n) is 3.50. The van der Waals surface area contributed by atoms with Crippen molar-refractivity contribution in [3.8, 4) is 0 Å². The average Bonchev–Trinajstić information content (AvgIpc) is 1.95. The highest BCUT2D eigenvalue weighted by molar-refractivity contribution is 5.75.